The van der Waals surface area contributed by atoms with Crippen LogP contribution in [0.4, 0.5) is 5.69 Å². The van der Waals surface area contributed by atoms with Crippen molar-refractivity contribution < 1.29 is 13.2 Å². The van der Waals surface area contributed by atoms with Crippen molar-refractivity contribution in [3.63, 3.8) is 0 Å². The lowest BCUT2D eigenvalue weighted by Crippen LogP contribution is -2.25. The molecule has 17 heavy (non-hydrogen) atoms. The molecule has 94 valence electrons. The lowest BCUT2D eigenvalue weighted by molar-refractivity contribution is 0.0964. The van der Waals surface area contributed by atoms with Gasteiger partial charge in [-0.1, -0.05) is 12.1 Å². The Morgan fingerprint density at radius 2 is 2.00 bits per heavy atom. The average molecular weight is 257 g/mol. The van der Waals surface area contributed by atoms with Gasteiger partial charge < -0.3 is 11.1 Å². The second kappa shape index (κ2) is 5.65. The maximum absolute atomic E-state index is 11.5. The predicted molar refractivity (Wildman–Crippen MR) is 66.3 cm³/mol. The molecular weight excluding hydrogens is 242 g/mol. The number of benzene rings is 1. The first-order valence-electron chi connectivity index (χ1n) is 5.02. The van der Waals surface area contributed by atoms with Crippen molar-refractivity contribution in [1.82, 2.24) is 5.32 Å². The van der Waals surface area contributed by atoms with Crippen molar-refractivity contribution in [2.24, 2.45) is 5.73 Å². The SMILES string of the molecule is CNC(=O)c1ccccc1NS(=O)(=O)CCN. The number of nitrogens with two attached hydrogens (primary N) is 1. The van der Waals surface area contributed by atoms with Crippen LogP contribution in [-0.2, 0) is 10.0 Å². The highest BCUT2D eigenvalue weighted by molar-refractivity contribution is 7.92. The van der Waals surface area contributed by atoms with Crippen LogP contribution in [0.15, 0.2) is 24.3 Å². The first kappa shape index (κ1) is 13.5. The second-order valence-corrected chi connectivity index (χ2v) is 5.18. The minimum absolute atomic E-state index is 0.0253. The Bertz CT molecular complexity index is 499. The van der Waals surface area contributed by atoms with Crippen LogP contribution in [0.1, 0.15) is 10.4 Å². The van der Waals surface area contributed by atoms with Crippen LogP contribution in [-0.4, -0.2) is 33.7 Å². The number of sulfonamides is 1. The van der Waals surface area contributed by atoms with Crippen molar-refractivity contribution in [2.45, 2.75) is 0 Å². The van der Waals surface area contributed by atoms with Gasteiger partial charge in [-0.05, 0) is 12.1 Å². The standard InChI is InChI=1S/C10H15N3O3S/c1-12-10(14)8-4-2-3-5-9(8)13-17(15,16)7-6-11/h2-5,13H,6-7,11H2,1H3,(H,12,14). The summed E-state index contributed by atoms with van der Waals surface area (Å²) in [4.78, 5) is 11.5. The van der Waals surface area contributed by atoms with Gasteiger partial charge in [-0.25, -0.2) is 8.42 Å². The number of carbonyl (C=O) groups excluding carboxylic acids is 1. The highest BCUT2D eigenvalue weighted by atomic mass is 32.2. The number of anilines is 1. The number of nitrogens with one attached hydrogen (secondary N) is 2. The van der Waals surface area contributed by atoms with Gasteiger partial charge in [-0.3, -0.25) is 9.52 Å². The maximum Gasteiger partial charge on any atom is 0.253 e. The zero-order valence-electron chi connectivity index (χ0n) is 9.43. The minimum atomic E-state index is -3.50. The minimum Gasteiger partial charge on any atom is -0.355 e. The van der Waals surface area contributed by atoms with Crippen molar-refractivity contribution in [2.75, 3.05) is 24.1 Å². The molecule has 7 heteroatoms. The Morgan fingerprint density at radius 1 is 1.35 bits per heavy atom. The van der Waals surface area contributed by atoms with Gasteiger partial charge in [0.15, 0.2) is 0 Å². The monoisotopic (exact) mass is 257 g/mol. The van der Waals surface area contributed by atoms with Crippen LogP contribution in [0.25, 0.3) is 0 Å². The van der Waals surface area contributed by atoms with Crippen LogP contribution >= 0.6 is 0 Å². The topological polar surface area (TPSA) is 101 Å². The van der Waals surface area contributed by atoms with E-state index in [1.54, 1.807) is 18.2 Å². The molecule has 1 amide bonds. The van der Waals surface area contributed by atoms with E-state index in [1.165, 1.54) is 13.1 Å². The third-order valence-corrected chi connectivity index (χ3v) is 3.35. The summed E-state index contributed by atoms with van der Waals surface area (Å²) in [6.07, 6.45) is 0. The molecule has 1 aromatic carbocycles. The van der Waals surface area contributed by atoms with Crippen LogP contribution in [0.5, 0.6) is 0 Å². The Labute approximate surface area is 100 Å². The molecule has 4 N–H and O–H groups in total. The number of amides is 1. The fourth-order valence-electron chi connectivity index (χ4n) is 1.28. The molecule has 0 bridgehead atoms. The molecule has 0 aromatic heterocycles. The summed E-state index contributed by atoms with van der Waals surface area (Å²) in [5.74, 6) is -0.536. The summed E-state index contributed by atoms with van der Waals surface area (Å²) >= 11 is 0. The number of para-hydroxylation sites is 1. The van der Waals surface area contributed by atoms with E-state index in [-0.39, 0.29) is 29.5 Å². The van der Waals surface area contributed by atoms with E-state index in [2.05, 4.69) is 10.0 Å². The third kappa shape index (κ3) is 3.72. The average Bonchev–Trinajstić information content (AvgIpc) is 2.28. The Balaban J connectivity index is 3.03. The molecule has 1 rings (SSSR count). The first-order chi connectivity index (χ1) is 8.00. The van der Waals surface area contributed by atoms with Crippen molar-refractivity contribution in [1.29, 1.82) is 0 Å². The zero-order valence-corrected chi connectivity index (χ0v) is 10.3. The van der Waals surface area contributed by atoms with E-state index >= 15 is 0 Å². The predicted octanol–water partition coefficient (Wildman–Crippen LogP) is -0.253. The first-order valence-corrected chi connectivity index (χ1v) is 6.67. The molecule has 0 aliphatic carbocycles. The molecular formula is C10H15N3O3S. The second-order valence-electron chi connectivity index (χ2n) is 3.33. The molecule has 0 radical (unpaired) electrons. The number of hydrogen-bond donors (Lipinski definition) is 3. The number of rotatable bonds is 5. The van der Waals surface area contributed by atoms with Crippen LogP contribution < -0.4 is 15.8 Å². The summed E-state index contributed by atoms with van der Waals surface area (Å²) in [5.41, 5.74) is 5.72. The van der Waals surface area contributed by atoms with Gasteiger partial charge >= 0.3 is 0 Å². The molecule has 1 aromatic rings. The summed E-state index contributed by atoms with van der Waals surface area (Å²) in [5, 5.41) is 2.44. The van der Waals surface area contributed by atoms with E-state index in [9.17, 15) is 13.2 Å². The molecule has 6 nitrogen and oxygen atoms in total. The molecule has 0 saturated heterocycles. The van der Waals surface area contributed by atoms with Crippen LogP contribution in [0, 0.1) is 0 Å². The summed E-state index contributed by atoms with van der Waals surface area (Å²) in [7, 11) is -2.02. The van der Waals surface area contributed by atoms with Gasteiger partial charge in [0, 0.05) is 13.6 Å². The van der Waals surface area contributed by atoms with Gasteiger partial charge in [0.25, 0.3) is 5.91 Å². The largest absolute Gasteiger partial charge is 0.355 e. The molecule has 0 heterocycles. The Kier molecular flexibility index (Phi) is 4.47. The lowest BCUT2D eigenvalue weighted by atomic mass is 10.2. The molecule has 0 unspecified atom stereocenters. The quantitative estimate of drug-likeness (QED) is 0.676. The van der Waals surface area contributed by atoms with Gasteiger partial charge in [-0.2, -0.15) is 0 Å². The van der Waals surface area contributed by atoms with Gasteiger partial charge in [0.2, 0.25) is 10.0 Å². The molecule has 0 saturated carbocycles. The van der Waals surface area contributed by atoms with E-state index in [1.807, 2.05) is 0 Å². The normalized spacial score (nSPS) is 10.9. The van der Waals surface area contributed by atoms with Crippen molar-refractivity contribution in [3.05, 3.63) is 29.8 Å². The van der Waals surface area contributed by atoms with Crippen molar-refractivity contribution in [3.8, 4) is 0 Å². The van der Waals surface area contributed by atoms with E-state index < -0.39 is 10.0 Å². The highest BCUT2D eigenvalue weighted by Crippen LogP contribution is 2.16. The Hall–Kier alpha value is -1.60. The van der Waals surface area contributed by atoms with Gasteiger partial charge in [-0.15, -0.1) is 0 Å². The van der Waals surface area contributed by atoms with Gasteiger partial charge in [0.05, 0.1) is 17.0 Å². The lowest BCUT2D eigenvalue weighted by Gasteiger charge is -2.10. The summed E-state index contributed by atoms with van der Waals surface area (Å²) in [6, 6.07) is 6.37. The molecule has 0 fully saturated rings. The molecule has 0 aliphatic heterocycles. The third-order valence-electron chi connectivity index (χ3n) is 2.05. The van der Waals surface area contributed by atoms with Crippen molar-refractivity contribution >= 4 is 21.6 Å². The molecule has 0 atom stereocenters. The van der Waals surface area contributed by atoms with Crippen LogP contribution in [0.2, 0.25) is 0 Å². The fraction of sp³-hybridized carbons (Fsp3) is 0.300. The fourth-order valence-corrected chi connectivity index (χ4v) is 2.20. The molecule has 0 spiro atoms. The van der Waals surface area contributed by atoms with E-state index in [4.69, 9.17) is 5.73 Å². The highest BCUT2D eigenvalue weighted by Gasteiger charge is 2.14. The van der Waals surface area contributed by atoms with E-state index in [0.29, 0.717) is 0 Å². The maximum atomic E-state index is 11.5. The van der Waals surface area contributed by atoms with E-state index in [0.717, 1.165) is 0 Å². The smallest absolute Gasteiger partial charge is 0.253 e. The number of hydrogen-bond acceptors (Lipinski definition) is 4. The summed E-state index contributed by atoms with van der Waals surface area (Å²) < 4.78 is 25.4. The molecule has 0 aliphatic rings. The van der Waals surface area contributed by atoms with Crippen LogP contribution in [0.3, 0.4) is 0 Å². The van der Waals surface area contributed by atoms with Gasteiger partial charge in [0.1, 0.15) is 0 Å². The summed E-state index contributed by atoms with van der Waals surface area (Å²) in [6.45, 7) is 0.0253. The zero-order chi connectivity index (χ0) is 12.9. The Morgan fingerprint density at radius 3 is 2.59 bits per heavy atom. The number of carbonyl (C=O) groups is 1.